The van der Waals surface area contributed by atoms with Crippen molar-refractivity contribution in [2.45, 2.75) is 26.5 Å². The van der Waals surface area contributed by atoms with Crippen LogP contribution in [0.5, 0.6) is 11.6 Å². The molecule has 0 aliphatic carbocycles. The highest BCUT2D eigenvalue weighted by Crippen LogP contribution is 2.24. The summed E-state index contributed by atoms with van der Waals surface area (Å²) >= 11 is 0. The molecule has 0 aliphatic rings. The molecule has 0 saturated heterocycles. The first-order valence-electron chi connectivity index (χ1n) is 6.29. The molecule has 2 aromatic rings. The number of aromatic hydroxyl groups is 1. The lowest BCUT2D eigenvalue weighted by Crippen LogP contribution is -2.10. The second-order valence-electron chi connectivity index (χ2n) is 4.50. The summed E-state index contributed by atoms with van der Waals surface area (Å²) in [4.78, 5) is 4.21. The van der Waals surface area contributed by atoms with Crippen LogP contribution in [0, 0.1) is 0 Å². The molecular formula is C15H18N2O2. The number of rotatable bonds is 5. The maximum atomic E-state index is 9.72. The van der Waals surface area contributed by atoms with Gasteiger partial charge in [-0.05, 0) is 32.0 Å². The molecular weight excluding hydrogens is 240 g/mol. The van der Waals surface area contributed by atoms with E-state index in [0.29, 0.717) is 12.4 Å². The van der Waals surface area contributed by atoms with Crippen LogP contribution < -0.4 is 10.1 Å². The summed E-state index contributed by atoms with van der Waals surface area (Å²) in [7, 11) is 0. The lowest BCUT2D eigenvalue weighted by Gasteiger charge is -2.14. The molecule has 2 rings (SSSR count). The number of hydrogen-bond donors (Lipinski definition) is 2. The zero-order valence-electron chi connectivity index (χ0n) is 11.1. The minimum atomic E-state index is 0.0700. The van der Waals surface area contributed by atoms with Crippen molar-refractivity contribution in [2.24, 2.45) is 0 Å². The molecule has 0 atom stereocenters. The minimum absolute atomic E-state index is 0.0700. The molecule has 0 amide bonds. The van der Waals surface area contributed by atoms with Crippen molar-refractivity contribution >= 4 is 5.69 Å². The van der Waals surface area contributed by atoms with E-state index in [9.17, 15) is 5.11 Å². The van der Waals surface area contributed by atoms with Crippen LogP contribution in [0.25, 0.3) is 0 Å². The van der Waals surface area contributed by atoms with Crippen LogP contribution in [0.4, 0.5) is 5.69 Å². The van der Waals surface area contributed by atoms with Crippen molar-refractivity contribution in [3.8, 4) is 11.6 Å². The van der Waals surface area contributed by atoms with Gasteiger partial charge < -0.3 is 15.2 Å². The molecule has 1 aromatic heterocycles. The third-order valence-corrected chi connectivity index (χ3v) is 2.58. The number of nitrogens with one attached hydrogen (secondary N) is 1. The fourth-order valence-corrected chi connectivity index (χ4v) is 1.69. The van der Waals surface area contributed by atoms with E-state index < -0.39 is 0 Å². The van der Waals surface area contributed by atoms with E-state index in [0.717, 1.165) is 11.3 Å². The number of phenolic OH excluding ortho intramolecular Hbond substituents is 1. The van der Waals surface area contributed by atoms with E-state index in [1.165, 1.54) is 0 Å². The third kappa shape index (κ3) is 3.61. The highest BCUT2D eigenvalue weighted by atomic mass is 16.5. The number of benzene rings is 1. The third-order valence-electron chi connectivity index (χ3n) is 2.58. The van der Waals surface area contributed by atoms with Gasteiger partial charge in [0.05, 0.1) is 11.8 Å². The van der Waals surface area contributed by atoms with Crippen LogP contribution >= 0.6 is 0 Å². The normalized spacial score (nSPS) is 10.5. The Balaban J connectivity index is 2.09. The molecule has 1 heterocycles. The van der Waals surface area contributed by atoms with Crippen molar-refractivity contribution in [1.29, 1.82) is 0 Å². The average molecular weight is 258 g/mol. The predicted molar refractivity (Wildman–Crippen MR) is 75.4 cm³/mol. The van der Waals surface area contributed by atoms with E-state index in [1.807, 2.05) is 38.1 Å². The lowest BCUT2D eigenvalue weighted by atomic mass is 10.2. The Morgan fingerprint density at radius 1 is 1.21 bits per heavy atom. The van der Waals surface area contributed by atoms with Crippen LogP contribution in [-0.4, -0.2) is 16.2 Å². The molecule has 19 heavy (non-hydrogen) atoms. The Bertz CT molecular complexity index is 541. The van der Waals surface area contributed by atoms with Crippen LogP contribution in [-0.2, 0) is 6.54 Å². The van der Waals surface area contributed by atoms with Gasteiger partial charge >= 0.3 is 0 Å². The van der Waals surface area contributed by atoms with Crippen LogP contribution in [0.3, 0.4) is 0 Å². The maximum Gasteiger partial charge on any atom is 0.237 e. The van der Waals surface area contributed by atoms with Crippen molar-refractivity contribution < 1.29 is 9.84 Å². The molecule has 4 heteroatoms. The molecule has 0 radical (unpaired) electrons. The first-order chi connectivity index (χ1) is 9.16. The van der Waals surface area contributed by atoms with E-state index in [2.05, 4.69) is 10.3 Å². The molecule has 0 aliphatic heterocycles. The number of aromatic nitrogens is 1. The summed E-state index contributed by atoms with van der Waals surface area (Å²) in [5.41, 5.74) is 1.65. The van der Waals surface area contributed by atoms with Gasteiger partial charge in [0.1, 0.15) is 5.75 Å². The number of pyridine rings is 1. The van der Waals surface area contributed by atoms with Gasteiger partial charge in [0, 0.05) is 18.3 Å². The van der Waals surface area contributed by atoms with Crippen molar-refractivity contribution in [2.75, 3.05) is 5.32 Å². The minimum Gasteiger partial charge on any atom is -0.508 e. The second-order valence-corrected chi connectivity index (χ2v) is 4.50. The number of para-hydroxylation sites is 1. The summed E-state index contributed by atoms with van der Waals surface area (Å²) in [6, 6.07) is 11.0. The maximum absolute atomic E-state index is 9.72. The first-order valence-corrected chi connectivity index (χ1v) is 6.29. The van der Waals surface area contributed by atoms with Gasteiger partial charge in [-0.2, -0.15) is 0 Å². The van der Waals surface area contributed by atoms with E-state index in [4.69, 9.17) is 4.74 Å². The van der Waals surface area contributed by atoms with E-state index >= 15 is 0 Å². The second kappa shape index (κ2) is 6.09. The molecule has 0 spiro atoms. The summed E-state index contributed by atoms with van der Waals surface area (Å²) in [5.74, 6) is 0.859. The first kappa shape index (κ1) is 13.2. The number of anilines is 1. The van der Waals surface area contributed by atoms with Crippen LogP contribution in [0.1, 0.15) is 19.4 Å². The number of hydrogen-bond acceptors (Lipinski definition) is 4. The Morgan fingerprint density at radius 3 is 2.74 bits per heavy atom. The van der Waals surface area contributed by atoms with Gasteiger partial charge in [-0.3, -0.25) is 0 Å². The molecule has 0 unspecified atom stereocenters. The Kier molecular flexibility index (Phi) is 4.23. The van der Waals surface area contributed by atoms with Gasteiger partial charge in [0.15, 0.2) is 0 Å². The van der Waals surface area contributed by atoms with Gasteiger partial charge in [-0.1, -0.05) is 18.2 Å². The molecule has 4 nitrogen and oxygen atoms in total. The standard InChI is InChI=1S/C15H18N2O2/c1-11(2)19-15-13(7-5-9-16-15)17-10-12-6-3-4-8-14(12)18/h3-9,11,17-18H,10H2,1-2H3. The fourth-order valence-electron chi connectivity index (χ4n) is 1.69. The molecule has 2 N–H and O–H groups in total. The number of ether oxygens (including phenoxy) is 1. The monoisotopic (exact) mass is 258 g/mol. The zero-order valence-corrected chi connectivity index (χ0v) is 11.1. The summed E-state index contributed by atoms with van der Waals surface area (Å²) in [6.07, 6.45) is 1.77. The van der Waals surface area contributed by atoms with Crippen LogP contribution in [0.15, 0.2) is 42.6 Å². The summed E-state index contributed by atoms with van der Waals surface area (Å²) < 4.78 is 5.63. The number of nitrogens with zero attached hydrogens (tertiary/aromatic N) is 1. The largest absolute Gasteiger partial charge is 0.508 e. The topological polar surface area (TPSA) is 54.4 Å². The Labute approximate surface area is 113 Å². The smallest absolute Gasteiger partial charge is 0.237 e. The van der Waals surface area contributed by atoms with E-state index in [-0.39, 0.29) is 11.9 Å². The van der Waals surface area contributed by atoms with Gasteiger partial charge in [0.25, 0.3) is 0 Å². The average Bonchev–Trinajstić information content (AvgIpc) is 2.39. The summed E-state index contributed by atoms with van der Waals surface area (Å²) in [5, 5.41) is 12.9. The Morgan fingerprint density at radius 2 is 2.00 bits per heavy atom. The molecule has 100 valence electrons. The lowest BCUT2D eigenvalue weighted by molar-refractivity contribution is 0.234. The van der Waals surface area contributed by atoms with Crippen molar-refractivity contribution in [1.82, 2.24) is 4.98 Å². The SMILES string of the molecule is CC(C)Oc1ncccc1NCc1ccccc1O. The summed E-state index contributed by atoms with van der Waals surface area (Å²) in [6.45, 7) is 4.44. The molecule has 0 saturated carbocycles. The molecule has 1 aromatic carbocycles. The predicted octanol–water partition coefficient (Wildman–Crippen LogP) is 3.19. The quantitative estimate of drug-likeness (QED) is 0.864. The van der Waals surface area contributed by atoms with Gasteiger partial charge in [-0.25, -0.2) is 4.98 Å². The van der Waals surface area contributed by atoms with E-state index in [1.54, 1.807) is 18.3 Å². The molecule has 0 fully saturated rings. The highest BCUT2D eigenvalue weighted by Gasteiger charge is 2.07. The van der Waals surface area contributed by atoms with Gasteiger partial charge in [0.2, 0.25) is 5.88 Å². The highest BCUT2D eigenvalue weighted by molar-refractivity contribution is 5.53. The fraction of sp³-hybridized carbons (Fsp3) is 0.267. The van der Waals surface area contributed by atoms with Crippen molar-refractivity contribution in [3.05, 3.63) is 48.2 Å². The Hall–Kier alpha value is -2.23. The molecule has 0 bridgehead atoms. The number of phenols is 1. The zero-order chi connectivity index (χ0) is 13.7. The van der Waals surface area contributed by atoms with Crippen LogP contribution in [0.2, 0.25) is 0 Å². The van der Waals surface area contributed by atoms with Gasteiger partial charge in [-0.15, -0.1) is 0 Å². The van der Waals surface area contributed by atoms with Crippen molar-refractivity contribution in [3.63, 3.8) is 0 Å².